The standard InChI is InChI=1S/C30H28FN3O2S/c1-3-27(35)23-15-25-26(16-24(23)31)34(30(33-25)22-10-5-4-8-20(22)17-32)21-9-6-7-19(13-21)14-28(36)29-12-11-18(2)37-29/h4-5,8,10-12,15-16,19,21H,3,6-7,9,13-14H2,1-2H3/t19-,21+/m1/s1. The molecule has 4 aromatic rings. The normalized spacial score (nSPS) is 17.6. The van der Waals surface area contributed by atoms with Crippen LogP contribution in [0.15, 0.2) is 48.5 Å². The summed E-state index contributed by atoms with van der Waals surface area (Å²) in [6.07, 6.45) is 4.23. The number of carbonyl (C=O) groups excluding carboxylic acids is 2. The van der Waals surface area contributed by atoms with Crippen LogP contribution in [-0.4, -0.2) is 21.1 Å². The van der Waals surface area contributed by atoms with Gasteiger partial charge in [-0.05, 0) is 62.4 Å². The fourth-order valence-corrected chi connectivity index (χ4v) is 6.30. The number of nitriles is 1. The lowest BCUT2D eigenvalue weighted by molar-refractivity contribution is 0.0944. The molecule has 2 heterocycles. The average molecular weight is 514 g/mol. The molecule has 1 aliphatic rings. The van der Waals surface area contributed by atoms with E-state index in [1.807, 2.05) is 35.8 Å². The van der Waals surface area contributed by atoms with Gasteiger partial charge in [-0.2, -0.15) is 5.26 Å². The smallest absolute Gasteiger partial charge is 0.173 e. The first-order valence-corrected chi connectivity index (χ1v) is 13.5. The highest BCUT2D eigenvalue weighted by molar-refractivity contribution is 7.14. The molecule has 0 radical (unpaired) electrons. The second-order valence-electron chi connectivity index (χ2n) is 9.78. The minimum Gasteiger partial charge on any atom is -0.321 e. The van der Waals surface area contributed by atoms with Crippen molar-refractivity contribution < 1.29 is 14.0 Å². The molecule has 2 aromatic heterocycles. The van der Waals surface area contributed by atoms with Gasteiger partial charge in [-0.25, -0.2) is 9.37 Å². The van der Waals surface area contributed by atoms with Gasteiger partial charge in [0, 0.05) is 35.4 Å². The molecule has 37 heavy (non-hydrogen) atoms. The van der Waals surface area contributed by atoms with Crippen LogP contribution in [0.3, 0.4) is 0 Å². The van der Waals surface area contributed by atoms with E-state index >= 15 is 4.39 Å². The highest BCUT2D eigenvalue weighted by Gasteiger charge is 2.30. The van der Waals surface area contributed by atoms with Crippen molar-refractivity contribution in [2.24, 2.45) is 5.92 Å². The molecule has 5 rings (SSSR count). The molecule has 0 amide bonds. The zero-order chi connectivity index (χ0) is 26.1. The molecule has 0 saturated heterocycles. The number of thiophene rings is 1. The second kappa shape index (κ2) is 10.4. The number of rotatable bonds is 7. The maximum Gasteiger partial charge on any atom is 0.173 e. The quantitative estimate of drug-likeness (QED) is 0.238. The molecule has 188 valence electrons. The first-order chi connectivity index (χ1) is 17.9. The number of benzene rings is 2. The topological polar surface area (TPSA) is 75.8 Å². The lowest BCUT2D eigenvalue weighted by atomic mass is 9.82. The van der Waals surface area contributed by atoms with Crippen LogP contribution in [0.25, 0.3) is 22.4 Å². The summed E-state index contributed by atoms with van der Waals surface area (Å²) in [5, 5.41) is 9.77. The third kappa shape index (κ3) is 4.86. The van der Waals surface area contributed by atoms with Crippen LogP contribution in [0.4, 0.5) is 4.39 Å². The maximum absolute atomic E-state index is 15.1. The van der Waals surface area contributed by atoms with Crippen molar-refractivity contribution in [1.29, 1.82) is 5.26 Å². The molecule has 0 spiro atoms. The summed E-state index contributed by atoms with van der Waals surface area (Å²) in [6, 6.07) is 16.3. The molecule has 0 unspecified atom stereocenters. The molecule has 2 aromatic carbocycles. The number of aromatic nitrogens is 2. The van der Waals surface area contributed by atoms with Gasteiger partial charge in [0.25, 0.3) is 0 Å². The van der Waals surface area contributed by atoms with E-state index in [1.165, 1.54) is 23.5 Å². The van der Waals surface area contributed by atoms with Gasteiger partial charge in [-0.1, -0.05) is 25.5 Å². The van der Waals surface area contributed by atoms with Gasteiger partial charge in [-0.3, -0.25) is 9.59 Å². The van der Waals surface area contributed by atoms with E-state index in [0.717, 1.165) is 35.4 Å². The Bertz CT molecular complexity index is 1540. The zero-order valence-electron chi connectivity index (χ0n) is 21.0. The third-order valence-electron chi connectivity index (χ3n) is 7.30. The molecule has 1 aliphatic carbocycles. The molecule has 0 bridgehead atoms. The van der Waals surface area contributed by atoms with Gasteiger partial charge in [-0.15, -0.1) is 11.3 Å². The van der Waals surface area contributed by atoms with Crippen molar-refractivity contribution in [3.63, 3.8) is 0 Å². The molecule has 1 fully saturated rings. The molecule has 0 aliphatic heterocycles. The number of aryl methyl sites for hydroxylation is 1. The first-order valence-electron chi connectivity index (χ1n) is 12.7. The maximum atomic E-state index is 15.1. The summed E-state index contributed by atoms with van der Waals surface area (Å²) in [5.41, 5.74) is 2.35. The molecular weight excluding hydrogens is 485 g/mol. The zero-order valence-corrected chi connectivity index (χ0v) is 21.8. The number of halogens is 1. The van der Waals surface area contributed by atoms with Crippen molar-refractivity contribution in [2.45, 2.75) is 58.4 Å². The van der Waals surface area contributed by atoms with Crippen molar-refractivity contribution in [3.05, 3.63) is 75.2 Å². The number of carbonyl (C=O) groups is 2. The Morgan fingerprint density at radius 3 is 2.70 bits per heavy atom. The van der Waals surface area contributed by atoms with E-state index in [0.29, 0.717) is 34.4 Å². The summed E-state index contributed by atoms with van der Waals surface area (Å²) >= 11 is 1.53. The molecule has 2 atom stereocenters. The lowest BCUT2D eigenvalue weighted by Crippen LogP contribution is -2.22. The third-order valence-corrected chi connectivity index (χ3v) is 8.34. The van der Waals surface area contributed by atoms with Crippen LogP contribution in [0, 0.1) is 30.0 Å². The number of imidazole rings is 1. The van der Waals surface area contributed by atoms with Crippen molar-refractivity contribution in [1.82, 2.24) is 9.55 Å². The predicted octanol–water partition coefficient (Wildman–Crippen LogP) is 7.68. The van der Waals surface area contributed by atoms with Gasteiger partial charge in [0.1, 0.15) is 11.6 Å². The number of hydrogen-bond donors (Lipinski definition) is 0. The molecular formula is C30H28FN3O2S. The highest BCUT2D eigenvalue weighted by atomic mass is 32.1. The molecule has 5 nitrogen and oxygen atoms in total. The Hall–Kier alpha value is -3.63. The van der Waals surface area contributed by atoms with Crippen molar-refractivity contribution >= 4 is 33.9 Å². The Labute approximate surface area is 219 Å². The lowest BCUT2D eigenvalue weighted by Gasteiger charge is -2.31. The Morgan fingerprint density at radius 1 is 1.16 bits per heavy atom. The SMILES string of the molecule is CCC(=O)c1cc2nc(-c3ccccc3C#N)n([C@H]3CCC[C@@H](CC(=O)c4ccc(C)s4)C3)c2cc1F. The Balaban J connectivity index is 1.58. The number of hydrogen-bond acceptors (Lipinski definition) is 5. The number of ketones is 2. The van der Waals surface area contributed by atoms with Crippen LogP contribution in [0.5, 0.6) is 0 Å². The van der Waals surface area contributed by atoms with Crippen LogP contribution in [0.1, 0.15) is 82.0 Å². The van der Waals surface area contributed by atoms with E-state index in [9.17, 15) is 14.9 Å². The molecule has 0 N–H and O–H groups in total. The second-order valence-corrected chi connectivity index (χ2v) is 11.1. The van der Waals surface area contributed by atoms with Crippen molar-refractivity contribution in [3.8, 4) is 17.5 Å². The van der Waals surface area contributed by atoms with Crippen LogP contribution in [0.2, 0.25) is 0 Å². The molecule has 7 heteroatoms. The van der Waals surface area contributed by atoms with Crippen LogP contribution in [-0.2, 0) is 0 Å². The Kier molecular flexibility index (Phi) is 7.03. The average Bonchev–Trinajstić information content (AvgIpc) is 3.51. The van der Waals surface area contributed by atoms with E-state index in [4.69, 9.17) is 4.98 Å². The van der Waals surface area contributed by atoms with E-state index in [-0.39, 0.29) is 35.5 Å². The van der Waals surface area contributed by atoms with Gasteiger partial charge < -0.3 is 4.57 Å². The molecule has 1 saturated carbocycles. The number of fused-ring (bicyclic) bond motifs is 1. The summed E-state index contributed by atoms with van der Waals surface area (Å²) in [5.74, 6) is 0.140. The number of nitrogens with zero attached hydrogens (tertiary/aromatic N) is 3. The van der Waals surface area contributed by atoms with E-state index in [2.05, 4.69) is 6.07 Å². The monoisotopic (exact) mass is 513 g/mol. The minimum absolute atomic E-state index is 0.00417. The fourth-order valence-electron chi connectivity index (χ4n) is 5.48. The number of Topliss-reactive ketones (excluding diaryl/α,β-unsaturated/α-hetero) is 2. The fraction of sp³-hybridized carbons (Fsp3) is 0.333. The predicted molar refractivity (Wildman–Crippen MR) is 143 cm³/mol. The van der Waals surface area contributed by atoms with Crippen LogP contribution < -0.4 is 0 Å². The van der Waals surface area contributed by atoms with Gasteiger partial charge in [0.2, 0.25) is 0 Å². The van der Waals surface area contributed by atoms with E-state index < -0.39 is 5.82 Å². The van der Waals surface area contributed by atoms with Crippen LogP contribution >= 0.6 is 11.3 Å². The van der Waals surface area contributed by atoms with Gasteiger partial charge in [0.15, 0.2) is 11.6 Å². The minimum atomic E-state index is -0.559. The van der Waals surface area contributed by atoms with Crippen molar-refractivity contribution in [2.75, 3.05) is 0 Å². The summed E-state index contributed by atoms with van der Waals surface area (Å²) < 4.78 is 17.2. The van der Waals surface area contributed by atoms with Gasteiger partial charge in [0.05, 0.1) is 33.1 Å². The first kappa shape index (κ1) is 25.0. The Morgan fingerprint density at radius 2 is 1.97 bits per heavy atom. The highest BCUT2D eigenvalue weighted by Crippen LogP contribution is 2.41. The summed E-state index contributed by atoms with van der Waals surface area (Å²) in [6.45, 7) is 3.71. The summed E-state index contributed by atoms with van der Waals surface area (Å²) in [7, 11) is 0. The van der Waals surface area contributed by atoms with Gasteiger partial charge >= 0.3 is 0 Å². The summed E-state index contributed by atoms with van der Waals surface area (Å²) in [4.78, 5) is 32.1. The van der Waals surface area contributed by atoms with E-state index in [1.54, 1.807) is 19.1 Å². The largest absolute Gasteiger partial charge is 0.321 e.